The second kappa shape index (κ2) is 27.4. The van der Waals surface area contributed by atoms with E-state index in [1.165, 1.54) is 186 Å². The lowest BCUT2D eigenvalue weighted by Crippen LogP contribution is -2.41. The van der Waals surface area contributed by atoms with Gasteiger partial charge < -0.3 is 0 Å². The molecule has 0 aliphatic heterocycles. The molecule has 1 N–H and O–H groups in total. The monoisotopic (exact) mass is 546 g/mol. The Hall–Kier alpha value is -0.790. The fourth-order valence-electron chi connectivity index (χ4n) is 6.43. The molecule has 0 aromatic carbocycles. The van der Waals surface area contributed by atoms with Gasteiger partial charge in [0.05, 0.1) is 12.0 Å². The van der Waals surface area contributed by atoms with Gasteiger partial charge in [-0.05, 0) is 32.6 Å². The summed E-state index contributed by atoms with van der Waals surface area (Å²) in [4.78, 5) is 3.74. The third-order valence-corrected chi connectivity index (χ3v) is 9.14. The Labute approximate surface area is 246 Å². The number of hydrogen-bond acceptors (Lipinski definition) is 0. The van der Waals surface area contributed by atoms with E-state index in [1.807, 2.05) is 0 Å². The van der Waals surface area contributed by atoms with Gasteiger partial charge in [0, 0.05) is 0 Å². The zero-order chi connectivity index (χ0) is 28.2. The fourth-order valence-corrected chi connectivity index (χ4v) is 6.43. The molecule has 0 saturated heterocycles. The number of aromatic amines is 1. The summed E-state index contributed by atoms with van der Waals surface area (Å²) in [5.41, 5.74) is 0. The van der Waals surface area contributed by atoms with E-state index in [0.29, 0.717) is 12.0 Å². The van der Waals surface area contributed by atoms with Gasteiger partial charge in [0.25, 0.3) is 5.82 Å². The molecule has 1 aromatic heterocycles. The summed E-state index contributed by atoms with van der Waals surface area (Å²) in [6.07, 6.45) is 44.2. The van der Waals surface area contributed by atoms with Crippen LogP contribution in [0.2, 0.25) is 0 Å². The van der Waals surface area contributed by atoms with Crippen molar-refractivity contribution >= 4 is 0 Å². The van der Waals surface area contributed by atoms with E-state index in [1.54, 1.807) is 0 Å². The highest BCUT2D eigenvalue weighted by Gasteiger charge is 2.25. The molecular formula is C37H73N2+. The molecule has 0 bridgehead atoms. The molecule has 1 rings (SSSR count). The summed E-state index contributed by atoms with van der Waals surface area (Å²) in [6.45, 7) is 9.40. The summed E-state index contributed by atoms with van der Waals surface area (Å²) in [7, 11) is 0. The molecule has 39 heavy (non-hydrogen) atoms. The van der Waals surface area contributed by atoms with Gasteiger partial charge in [-0.1, -0.05) is 175 Å². The molecular weight excluding hydrogens is 472 g/mol. The molecule has 1 aromatic rings. The zero-order valence-corrected chi connectivity index (χ0v) is 27.6. The third kappa shape index (κ3) is 19.8. The van der Waals surface area contributed by atoms with Crippen molar-refractivity contribution in [3.63, 3.8) is 0 Å². The third-order valence-electron chi connectivity index (χ3n) is 9.14. The SMILES string of the molecule is CCCCCCCCCCCC(CCCCCCCCCC)c1[nH]cc[n+]1C(C)CCCCCCCCCC. The van der Waals surface area contributed by atoms with Crippen LogP contribution in [0.4, 0.5) is 0 Å². The van der Waals surface area contributed by atoms with Gasteiger partial charge >= 0.3 is 0 Å². The molecule has 0 fully saturated rings. The number of H-pyrrole nitrogens is 1. The van der Waals surface area contributed by atoms with Crippen LogP contribution in [0.5, 0.6) is 0 Å². The molecule has 2 atom stereocenters. The number of aromatic nitrogens is 2. The highest BCUT2D eigenvalue weighted by molar-refractivity contribution is 4.90. The van der Waals surface area contributed by atoms with Crippen LogP contribution in [0.25, 0.3) is 0 Å². The van der Waals surface area contributed by atoms with Crippen LogP contribution in [-0.2, 0) is 0 Å². The van der Waals surface area contributed by atoms with Crippen molar-refractivity contribution in [3.8, 4) is 0 Å². The first-order valence-corrected chi connectivity index (χ1v) is 18.3. The van der Waals surface area contributed by atoms with Crippen molar-refractivity contribution in [1.29, 1.82) is 0 Å². The molecule has 0 saturated carbocycles. The van der Waals surface area contributed by atoms with Crippen LogP contribution in [-0.4, -0.2) is 4.98 Å². The first kappa shape index (κ1) is 36.2. The molecule has 230 valence electrons. The maximum Gasteiger partial charge on any atom is 0.257 e. The van der Waals surface area contributed by atoms with Gasteiger partial charge in [0.1, 0.15) is 12.4 Å². The molecule has 2 nitrogen and oxygen atoms in total. The Morgan fingerprint density at radius 3 is 1.21 bits per heavy atom. The lowest BCUT2D eigenvalue weighted by Gasteiger charge is -2.17. The lowest BCUT2D eigenvalue weighted by molar-refractivity contribution is -0.727. The molecule has 0 radical (unpaired) electrons. The van der Waals surface area contributed by atoms with Crippen molar-refractivity contribution < 1.29 is 4.57 Å². The van der Waals surface area contributed by atoms with Gasteiger partial charge in [-0.3, -0.25) is 0 Å². The van der Waals surface area contributed by atoms with Crippen LogP contribution in [0.15, 0.2) is 12.4 Å². The molecule has 0 spiro atoms. The number of nitrogens with one attached hydrogen (secondary N) is 1. The minimum Gasteiger partial charge on any atom is -0.247 e. The largest absolute Gasteiger partial charge is 0.257 e. The average molecular weight is 546 g/mol. The number of hydrogen-bond donors (Lipinski definition) is 1. The second-order valence-corrected chi connectivity index (χ2v) is 12.9. The summed E-state index contributed by atoms with van der Waals surface area (Å²) in [5, 5.41) is 0. The van der Waals surface area contributed by atoms with Crippen molar-refractivity contribution in [2.75, 3.05) is 0 Å². The summed E-state index contributed by atoms with van der Waals surface area (Å²) >= 11 is 0. The predicted molar refractivity (Wildman–Crippen MR) is 175 cm³/mol. The average Bonchev–Trinajstić information content (AvgIpc) is 3.44. The van der Waals surface area contributed by atoms with Gasteiger partial charge in [-0.15, -0.1) is 0 Å². The molecule has 0 aliphatic carbocycles. The van der Waals surface area contributed by atoms with Gasteiger partial charge in [-0.25, -0.2) is 9.55 Å². The number of rotatable bonds is 30. The maximum absolute atomic E-state index is 3.74. The molecule has 0 amide bonds. The van der Waals surface area contributed by atoms with Gasteiger partial charge in [0.2, 0.25) is 0 Å². The zero-order valence-electron chi connectivity index (χ0n) is 27.6. The quantitative estimate of drug-likeness (QED) is 0.0732. The van der Waals surface area contributed by atoms with Crippen molar-refractivity contribution in [2.24, 2.45) is 0 Å². The minimum atomic E-state index is 0.621. The maximum atomic E-state index is 3.74. The minimum absolute atomic E-state index is 0.621. The van der Waals surface area contributed by atoms with E-state index in [4.69, 9.17) is 0 Å². The topological polar surface area (TPSA) is 19.7 Å². The molecule has 1 heterocycles. The second-order valence-electron chi connectivity index (χ2n) is 12.9. The van der Waals surface area contributed by atoms with Crippen LogP contribution in [0.3, 0.4) is 0 Å². The Bertz CT molecular complexity index is 606. The first-order valence-electron chi connectivity index (χ1n) is 18.3. The molecule has 2 unspecified atom stereocenters. The lowest BCUT2D eigenvalue weighted by atomic mass is 9.92. The van der Waals surface area contributed by atoms with E-state index in [2.05, 4.69) is 49.6 Å². The van der Waals surface area contributed by atoms with E-state index in [9.17, 15) is 0 Å². The van der Waals surface area contributed by atoms with Crippen molar-refractivity contribution in [1.82, 2.24) is 4.98 Å². The highest BCUT2D eigenvalue weighted by atomic mass is 15.1. The Balaban J connectivity index is 2.47. The van der Waals surface area contributed by atoms with Crippen molar-refractivity contribution in [3.05, 3.63) is 18.2 Å². The smallest absolute Gasteiger partial charge is 0.247 e. The van der Waals surface area contributed by atoms with E-state index >= 15 is 0 Å². The number of nitrogens with zero attached hydrogens (tertiary/aromatic N) is 1. The van der Waals surface area contributed by atoms with E-state index in [0.717, 1.165) is 0 Å². The highest BCUT2D eigenvalue weighted by Crippen LogP contribution is 2.27. The Kier molecular flexibility index (Phi) is 25.4. The molecule has 2 heteroatoms. The van der Waals surface area contributed by atoms with E-state index in [-0.39, 0.29) is 0 Å². The van der Waals surface area contributed by atoms with Crippen LogP contribution in [0, 0.1) is 0 Å². The van der Waals surface area contributed by atoms with E-state index < -0.39 is 0 Å². The normalized spacial score (nSPS) is 13.2. The number of imidazole rings is 1. The fraction of sp³-hybridized carbons (Fsp3) is 0.919. The summed E-state index contributed by atoms with van der Waals surface area (Å²) in [6, 6.07) is 0.621. The van der Waals surface area contributed by atoms with Crippen molar-refractivity contribution in [2.45, 2.75) is 219 Å². The molecule has 0 aliphatic rings. The summed E-state index contributed by atoms with van der Waals surface area (Å²) < 4.78 is 2.63. The first-order chi connectivity index (χ1) is 19.2. The standard InChI is InChI=1S/C37H72N2/c1-5-8-11-14-17-20-23-26-29-32-36(31-28-25-22-19-16-13-10-7-3)37-38-33-34-39(37)35(4)30-27-24-21-18-15-12-9-6-2/h33-36H,5-32H2,1-4H3/p+1. The summed E-state index contributed by atoms with van der Waals surface area (Å²) in [5.74, 6) is 2.25. The van der Waals surface area contributed by atoms with Gasteiger partial charge in [0.15, 0.2) is 0 Å². The van der Waals surface area contributed by atoms with Crippen LogP contribution in [0.1, 0.15) is 225 Å². The number of unbranched alkanes of at least 4 members (excludes halogenated alkanes) is 22. The van der Waals surface area contributed by atoms with Crippen LogP contribution < -0.4 is 4.57 Å². The Morgan fingerprint density at radius 2 is 0.821 bits per heavy atom. The van der Waals surface area contributed by atoms with Gasteiger partial charge in [-0.2, -0.15) is 0 Å². The predicted octanol–water partition coefficient (Wildman–Crippen LogP) is 12.9. The van der Waals surface area contributed by atoms with Crippen LogP contribution >= 0.6 is 0 Å². The Morgan fingerprint density at radius 1 is 0.487 bits per heavy atom.